The van der Waals surface area contributed by atoms with Gasteiger partial charge >= 0.3 is 0 Å². The van der Waals surface area contributed by atoms with Crippen molar-refractivity contribution in [3.8, 4) is 5.75 Å². The van der Waals surface area contributed by atoms with Crippen molar-refractivity contribution in [2.45, 2.75) is 20.0 Å². The average molecular weight is 247 g/mol. The molecule has 0 saturated heterocycles. The number of halogens is 1. The number of benzene rings is 1. The Kier molecular flexibility index (Phi) is 3.74. The molecule has 1 rings (SSSR count). The van der Waals surface area contributed by atoms with E-state index in [1.54, 1.807) is 13.8 Å². The summed E-state index contributed by atoms with van der Waals surface area (Å²) in [6.45, 7) is 3.56. The van der Waals surface area contributed by atoms with Crippen LogP contribution >= 0.6 is 0 Å². The van der Waals surface area contributed by atoms with Crippen LogP contribution in [0.2, 0.25) is 0 Å². The molecule has 4 nitrogen and oxygen atoms in total. The van der Waals surface area contributed by atoms with E-state index in [4.69, 9.17) is 4.74 Å². The smallest absolute Gasteiger partial charge is 0.229 e. The molecule has 0 aromatic heterocycles. The van der Waals surface area contributed by atoms with Crippen LogP contribution in [0.5, 0.6) is 5.75 Å². The lowest BCUT2D eigenvalue weighted by Gasteiger charge is -2.11. The van der Waals surface area contributed by atoms with Gasteiger partial charge in [-0.15, -0.1) is 0 Å². The topological polar surface area (TPSA) is 55.4 Å². The van der Waals surface area contributed by atoms with Gasteiger partial charge in [0.2, 0.25) is 10.0 Å². The quantitative estimate of drug-likeness (QED) is 0.885. The lowest BCUT2D eigenvalue weighted by Crippen LogP contribution is -2.10. The molecule has 0 amide bonds. The van der Waals surface area contributed by atoms with E-state index >= 15 is 0 Å². The Hall–Kier alpha value is -1.30. The zero-order chi connectivity index (χ0) is 12.3. The Morgan fingerprint density at radius 2 is 2.00 bits per heavy atom. The van der Waals surface area contributed by atoms with Crippen LogP contribution in [-0.2, 0) is 10.0 Å². The van der Waals surface area contributed by atoms with Crippen molar-refractivity contribution >= 4 is 15.7 Å². The monoisotopic (exact) mass is 247 g/mol. The van der Waals surface area contributed by atoms with Gasteiger partial charge < -0.3 is 4.74 Å². The minimum absolute atomic E-state index is 0.106. The number of hydrogen-bond donors (Lipinski definition) is 1. The van der Waals surface area contributed by atoms with Gasteiger partial charge in [-0.3, -0.25) is 4.72 Å². The third-order valence-electron chi connectivity index (χ3n) is 1.60. The molecule has 0 aliphatic rings. The van der Waals surface area contributed by atoms with Gasteiger partial charge in [0, 0.05) is 6.07 Å². The highest BCUT2D eigenvalue weighted by molar-refractivity contribution is 7.92. The summed E-state index contributed by atoms with van der Waals surface area (Å²) in [5, 5.41) is 0. The fraction of sp³-hybridized carbons (Fsp3) is 0.400. The minimum Gasteiger partial charge on any atom is -0.488 e. The number of hydrogen-bond acceptors (Lipinski definition) is 3. The summed E-state index contributed by atoms with van der Waals surface area (Å²) in [5.74, 6) is -0.489. The number of rotatable bonds is 4. The second-order valence-corrected chi connectivity index (χ2v) is 5.43. The van der Waals surface area contributed by atoms with Crippen LogP contribution in [0.3, 0.4) is 0 Å². The molecule has 0 bridgehead atoms. The largest absolute Gasteiger partial charge is 0.488 e. The highest BCUT2D eigenvalue weighted by Gasteiger charge is 2.08. The summed E-state index contributed by atoms with van der Waals surface area (Å²) < 4.78 is 42.6. The molecule has 0 spiro atoms. The molecule has 90 valence electrons. The maximum absolute atomic E-state index is 13.4. The molecule has 0 fully saturated rings. The first-order valence-corrected chi connectivity index (χ1v) is 6.61. The first-order valence-electron chi connectivity index (χ1n) is 4.72. The van der Waals surface area contributed by atoms with Crippen LogP contribution in [-0.4, -0.2) is 20.8 Å². The van der Waals surface area contributed by atoms with Crippen molar-refractivity contribution in [1.29, 1.82) is 0 Å². The van der Waals surface area contributed by atoms with Gasteiger partial charge in [-0.25, -0.2) is 12.8 Å². The lowest BCUT2D eigenvalue weighted by molar-refractivity contribution is 0.231. The molecule has 6 heteroatoms. The number of anilines is 1. The van der Waals surface area contributed by atoms with E-state index in [1.165, 1.54) is 12.1 Å². The molecule has 16 heavy (non-hydrogen) atoms. The van der Waals surface area contributed by atoms with Gasteiger partial charge in [0.1, 0.15) is 0 Å². The average Bonchev–Trinajstić information content (AvgIpc) is 2.06. The van der Waals surface area contributed by atoms with Gasteiger partial charge in [0.25, 0.3) is 0 Å². The Labute approximate surface area is 94.5 Å². The second-order valence-electron chi connectivity index (χ2n) is 3.69. The van der Waals surface area contributed by atoms with Crippen LogP contribution in [0, 0.1) is 5.82 Å². The van der Waals surface area contributed by atoms with E-state index in [9.17, 15) is 12.8 Å². The Bertz CT molecular complexity index is 471. The summed E-state index contributed by atoms with van der Waals surface area (Å²) in [7, 11) is -3.39. The number of nitrogens with one attached hydrogen (secondary N) is 1. The normalized spacial score (nSPS) is 11.6. The maximum Gasteiger partial charge on any atom is 0.229 e. The van der Waals surface area contributed by atoms with E-state index in [0.717, 1.165) is 12.3 Å². The molecular formula is C10H14FNO3S. The van der Waals surface area contributed by atoms with Crippen molar-refractivity contribution < 1.29 is 17.5 Å². The third kappa shape index (κ3) is 4.06. The molecule has 0 saturated carbocycles. The van der Waals surface area contributed by atoms with Crippen molar-refractivity contribution in [2.75, 3.05) is 11.0 Å². The molecule has 0 radical (unpaired) electrons. The summed E-state index contributed by atoms with van der Waals surface area (Å²) in [6, 6.07) is 3.92. The Morgan fingerprint density at radius 3 is 2.44 bits per heavy atom. The molecule has 0 aliphatic heterocycles. The summed E-state index contributed by atoms with van der Waals surface area (Å²) in [6.07, 6.45) is 0.867. The molecule has 0 heterocycles. The number of ether oxygens (including phenoxy) is 1. The third-order valence-corrected chi connectivity index (χ3v) is 2.20. The lowest BCUT2D eigenvalue weighted by atomic mass is 10.3. The highest BCUT2D eigenvalue weighted by Crippen LogP contribution is 2.22. The molecule has 0 aliphatic carbocycles. The Morgan fingerprint density at radius 1 is 1.38 bits per heavy atom. The van der Waals surface area contributed by atoms with Gasteiger partial charge in [0.05, 0.1) is 18.0 Å². The van der Waals surface area contributed by atoms with E-state index < -0.39 is 15.8 Å². The van der Waals surface area contributed by atoms with Gasteiger partial charge in [0.15, 0.2) is 11.6 Å². The highest BCUT2D eigenvalue weighted by atomic mass is 32.2. The standard InChI is InChI=1S/C10H14FNO3S/c1-7(2)15-10-5-4-8(6-9(10)11)12-16(3,13)14/h4-7,12H,1-3H3. The van der Waals surface area contributed by atoms with Crippen LogP contribution < -0.4 is 9.46 Å². The molecule has 0 atom stereocenters. The maximum atomic E-state index is 13.4. The zero-order valence-electron chi connectivity index (χ0n) is 9.32. The van der Waals surface area contributed by atoms with Crippen LogP contribution in [0.1, 0.15) is 13.8 Å². The molecular weight excluding hydrogens is 233 g/mol. The van der Waals surface area contributed by atoms with Crippen molar-refractivity contribution in [2.24, 2.45) is 0 Å². The van der Waals surface area contributed by atoms with Gasteiger partial charge in [-0.1, -0.05) is 0 Å². The van der Waals surface area contributed by atoms with Crippen LogP contribution in [0.25, 0.3) is 0 Å². The minimum atomic E-state index is -3.39. The Balaban J connectivity index is 2.91. The van der Waals surface area contributed by atoms with E-state index in [-0.39, 0.29) is 17.5 Å². The van der Waals surface area contributed by atoms with Crippen molar-refractivity contribution in [1.82, 2.24) is 0 Å². The van der Waals surface area contributed by atoms with Crippen LogP contribution in [0.4, 0.5) is 10.1 Å². The SMILES string of the molecule is CC(C)Oc1ccc(NS(C)(=O)=O)cc1F. The molecule has 1 aromatic carbocycles. The molecule has 1 N–H and O–H groups in total. The molecule has 1 aromatic rings. The zero-order valence-corrected chi connectivity index (χ0v) is 10.1. The number of sulfonamides is 1. The first-order chi connectivity index (χ1) is 7.28. The predicted molar refractivity (Wildman–Crippen MR) is 60.6 cm³/mol. The predicted octanol–water partition coefficient (Wildman–Crippen LogP) is 1.98. The van der Waals surface area contributed by atoms with Crippen molar-refractivity contribution in [3.05, 3.63) is 24.0 Å². The van der Waals surface area contributed by atoms with Gasteiger partial charge in [-0.2, -0.15) is 0 Å². The fourth-order valence-electron chi connectivity index (χ4n) is 1.13. The second kappa shape index (κ2) is 4.69. The van der Waals surface area contributed by atoms with E-state index in [2.05, 4.69) is 4.72 Å². The van der Waals surface area contributed by atoms with Crippen LogP contribution in [0.15, 0.2) is 18.2 Å². The van der Waals surface area contributed by atoms with E-state index in [1.807, 2.05) is 0 Å². The van der Waals surface area contributed by atoms with E-state index in [0.29, 0.717) is 0 Å². The first kappa shape index (κ1) is 12.8. The fourth-order valence-corrected chi connectivity index (χ4v) is 1.68. The van der Waals surface area contributed by atoms with Crippen molar-refractivity contribution in [3.63, 3.8) is 0 Å². The molecule has 0 unspecified atom stereocenters. The van der Waals surface area contributed by atoms with Gasteiger partial charge in [-0.05, 0) is 26.0 Å². The summed E-state index contributed by atoms with van der Waals surface area (Å²) in [5.41, 5.74) is 0.177. The summed E-state index contributed by atoms with van der Waals surface area (Å²) in [4.78, 5) is 0. The summed E-state index contributed by atoms with van der Waals surface area (Å²) >= 11 is 0.